The Morgan fingerprint density at radius 2 is 2.08 bits per heavy atom. The maximum absolute atomic E-state index is 13.2. The molecule has 1 aromatic carbocycles. The summed E-state index contributed by atoms with van der Waals surface area (Å²) in [5, 5.41) is 9.03. The van der Waals surface area contributed by atoms with Crippen LogP contribution in [0.1, 0.15) is 24.0 Å². The zero-order chi connectivity index (χ0) is 18.6. The summed E-state index contributed by atoms with van der Waals surface area (Å²) in [5.41, 5.74) is 1.24. The van der Waals surface area contributed by atoms with Gasteiger partial charge in [0.15, 0.2) is 0 Å². The van der Waals surface area contributed by atoms with E-state index in [9.17, 15) is 13.6 Å². The lowest BCUT2D eigenvalue weighted by Crippen LogP contribution is -2.31. The summed E-state index contributed by atoms with van der Waals surface area (Å²) in [7, 11) is 0. The van der Waals surface area contributed by atoms with E-state index in [1.165, 1.54) is 11.1 Å². The first kappa shape index (κ1) is 17.8. The molecule has 1 aromatic heterocycles. The zero-order valence-corrected chi connectivity index (χ0v) is 14.0. The van der Waals surface area contributed by atoms with Crippen molar-refractivity contribution in [2.75, 3.05) is 13.1 Å². The summed E-state index contributed by atoms with van der Waals surface area (Å²) in [6, 6.07) is 12.3. The van der Waals surface area contributed by atoms with Gasteiger partial charge in [-0.1, -0.05) is 12.1 Å². The number of hydrogen-bond acceptors (Lipinski definition) is 4. The van der Waals surface area contributed by atoms with E-state index in [2.05, 4.69) is 4.98 Å². The minimum absolute atomic E-state index is 0.115. The van der Waals surface area contributed by atoms with Crippen LogP contribution >= 0.6 is 0 Å². The van der Waals surface area contributed by atoms with Gasteiger partial charge in [-0.3, -0.25) is 4.79 Å². The number of rotatable bonds is 5. The molecule has 0 aliphatic carbocycles. The summed E-state index contributed by atoms with van der Waals surface area (Å²) in [6.45, 7) is -0.367. The average molecular weight is 357 g/mol. The maximum atomic E-state index is 13.2. The largest absolute Gasteiger partial charge is 0.438 e. The molecule has 2 aromatic rings. The molecule has 3 rings (SSSR count). The monoisotopic (exact) mass is 357 g/mol. The first-order chi connectivity index (χ1) is 12.5. The number of benzene rings is 1. The molecule has 26 heavy (non-hydrogen) atoms. The molecule has 1 fully saturated rings. The molecule has 1 aliphatic rings. The van der Waals surface area contributed by atoms with Crippen LogP contribution in [0.3, 0.4) is 0 Å². The fourth-order valence-corrected chi connectivity index (χ4v) is 2.75. The molecule has 0 spiro atoms. The van der Waals surface area contributed by atoms with E-state index >= 15 is 0 Å². The van der Waals surface area contributed by atoms with Crippen molar-refractivity contribution in [2.24, 2.45) is 0 Å². The van der Waals surface area contributed by atoms with Gasteiger partial charge in [-0.25, -0.2) is 13.8 Å². The molecule has 1 saturated heterocycles. The Labute approximate surface area is 149 Å². The van der Waals surface area contributed by atoms with Crippen LogP contribution in [0.15, 0.2) is 42.6 Å². The van der Waals surface area contributed by atoms with Crippen LogP contribution in [0.2, 0.25) is 0 Å². The topological polar surface area (TPSA) is 66.2 Å². The molecule has 0 saturated carbocycles. The summed E-state index contributed by atoms with van der Waals surface area (Å²) < 4.78 is 31.9. The molecule has 134 valence electrons. The van der Waals surface area contributed by atoms with Crippen molar-refractivity contribution in [3.05, 3.63) is 53.7 Å². The number of pyridine rings is 1. The van der Waals surface area contributed by atoms with Crippen LogP contribution in [0, 0.1) is 11.3 Å². The van der Waals surface area contributed by atoms with Crippen molar-refractivity contribution in [2.45, 2.75) is 25.2 Å². The third-order valence-electron chi connectivity index (χ3n) is 4.18. The molecular weight excluding hydrogens is 340 g/mol. The lowest BCUT2D eigenvalue weighted by atomic mass is 10.1. The summed E-state index contributed by atoms with van der Waals surface area (Å²) in [5.74, 6) is -2.26. The second kappa shape index (κ2) is 7.48. The van der Waals surface area contributed by atoms with Gasteiger partial charge in [0.1, 0.15) is 17.4 Å². The maximum Gasteiger partial charge on any atom is 0.267 e. The van der Waals surface area contributed by atoms with E-state index in [0.717, 1.165) is 5.56 Å². The van der Waals surface area contributed by atoms with Crippen molar-refractivity contribution in [3.8, 4) is 17.7 Å². The number of carbonyl (C=O) groups is 1. The summed E-state index contributed by atoms with van der Waals surface area (Å²) in [6.07, 6.45) is 1.93. The average Bonchev–Trinajstić information content (AvgIpc) is 3.01. The number of aryl methyl sites for hydroxylation is 1. The number of aromatic nitrogens is 1. The van der Waals surface area contributed by atoms with Crippen molar-refractivity contribution in [1.82, 2.24) is 9.88 Å². The van der Waals surface area contributed by atoms with E-state index in [1.807, 2.05) is 6.07 Å². The Kier molecular flexibility index (Phi) is 5.12. The van der Waals surface area contributed by atoms with E-state index in [-0.39, 0.29) is 31.2 Å². The molecule has 2 heterocycles. The quantitative estimate of drug-likeness (QED) is 0.821. The highest BCUT2D eigenvalue weighted by molar-refractivity contribution is 5.76. The molecule has 0 unspecified atom stereocenters. The Morgan fingerprint density at radius 3 is 2.73 bits per heavy atom. The van der Waals surface area contributed by atoms with Crippen LogP contribution in [0.4, 0.5) is 8.78 Å². The molecular formula is C19H17F2N3O2. The molecule has 7 heteroatoms. The number of hydrogen-bond donors (Lipinski definition) is 0. The van der Waals surface area contributed by atoms with Crippen molar-refractivity contribution < 1.29 is 18.3 Å². The van der Waals surface area contributed by atoms with E-state index in [4.69, 9.17) is 10.00 Å². The van der Waals surface area contributed by atoms with E-state index < -0.39 is 12.5 Å². The van der Waals surface area contributed by atoms with Crippen molar-refractivity contribution in [1.29, 1.82) is 5.26 Å². The van der Waals surface area contributed by atoms with Crippen LogP contribution in [0.25, 0.3) is 0 Å². The predicted octanol–water partition coefficient (Wildman–Crippen LogP) is 3.55. The lowest BCUT2D eigenvalue weighted by Gasteiger charge is -2.16. The third kappa shape index (κ3) is 4.33. The zero-order valence-electron chi connectivity index (χ0n) is 14.0. The Balaban J connectivity index is 1.55. The van der Waals surface area contributed by atoms with Gasteiger partial charge in [-0.05, 0) is 36.2 Å². The van der Waals surface area contributed by atoms with Crippen molar-refractivity contribution in [3.63, 3.8) is 0 Å². The first-order valence-corrected chi connectivity index (χ1v) is 8.24. The van der Waals surface area contributed by atoms with Crippen LogP contribution < -0.4 is 4.74 Å². The number of likely N-dealkylation sites (tertiary alicyclic amines) is 1. The van der Waals surface area contributed by atoms with Gasteiger partial charge < -0.3 is 9.64 Å². The number of halogens is 2. The fraction of sp³-hybridized carbons (Fsp3) is 0.316. The second-order valence-corrected chi connectivity index (χ2v) is 6.14. The Bertz CT molecular complexity index is 831. The third-order valence-corrected chi connectivity index (χ3v) is 4.18. The van der Waals surface area contributed by atoms with E-state index in [0.29, 0.717) is 17.7 Å². The number of amides is 1. The standard InChI is InChI=1S/C19H17F2N3O2/c20-19(21)9-11-24(13-19)17(25)8-5-14-3-6-16(7-4-14)26-18-15(12-22)2-1-10-23-18/h1-4,6-7,10H,5,8-9,11,13H2. The van der Waals surface area contributed by atoms with Gasteiger partial charge in [0, 0.05) is 25.6 Å². The lowest BCUT2D eigenvalue weighted by molar-refractivity contribution is -0.131. The number of ether oxygens (including phenoxy) is 1. The van der Waals surface area contributed by atoms with Gasteiger partial charge in [0.2, 0.25) is 11.8 Å². The Morgan fingerprint density at radius 1 is 1.31 bits per heavy atom. The van der Waals surface area contributed by atoms with Gasteiger partial charge in [0.05, 0.1) is 6.54 Å². The number of nitriles is 1. The highest BCUT2D eigenvalue weighted by Gasteiger charge is 2.39. The predicted molar refractivity (Wildman–Crippen MR) is 89.9 cm³/mol. The number of carbonyl (C=O) groups excluding carboxylic acids is 1. The van der Waals surface area contributed by atoms with Gasteiger partial charge in [0.25, 0.3) is 5.92 Å². The second-order valence-electron chi connectivity index (χ2n) is 6.14. The van der Waals surface area contributed by atoms with Gasteiger partial charge in [-0.2, -0.15) is 5.26 Å². The smallest absolute Gasteiger partial charge is 0.267 e. The molecule has 5 nitrogen and oxygen atoms in total. The minimum Gasteiger partial charge on any atom is -0.438 e. The van der Waals surface area contributed by atoms with Gasteiger partial charge >= 0.3 is 0 Å². The molecule has 0 radical (unpaired) electrons. The summed E-state index contributed by atoms with van der Waals surface area (Å²) in [4.78, 5) is 17.3. The highest BCUT2D eigenvalue weighted by atomic mass is 19.3. The summed E-state index contributed by atoms with van der Waals surface area (Å²) >= 11 is 0. The van der Waals surface area contributed by atoms with Crippen molar-refractivity contribution >= 4 is 5.91 Å². The molecule has 0 bridgehead atoms. The SMILES string of the molecule is N#Cc1cccnc1Oc1ccc(CCC(=O)N2CCC(F)(F)C2)cc1. The first-order valence-electron chi connectivity index (χ1n) is 8.24. The van der Waals surface area contributed by atoms with Gasteiger partial charge in [-0.15, -0.1) is 0 Å². The molecule has 1 amide bonds. The number of alkyl halides is 2. The highest BCUT2D eigenvalue weighted by Crippen LogP contribution is 2.27. The molecule has 0 N–H and O–H groups in total. The van der Waals surface area contributed by atoms with Crippen LogP contribution in [-0.2, 0) is 11.2 Å². The fourth-order valence-electron chi connectivity index (χ4n) is 2.75. The molecule has 0 atom stereocenters. The van der Waals surface area contributed by atoms with Crippen LogP contribution in [-0.4, -0.2) is 34.8 Å². The Hall–Kier alpha value is -3.01. The molecule has 1 aliphatic heterocycles. The number of nitrogens with zero attached hydrogens (tertiary/aromatic N) is 3. The normalized spacial score (nSPS) is 15.5. The van der Waals surface area contributed by atoms with E-state index in [1.54, 1.807) is 36.4 Å². The minimum atomic E-state index is -2.76. The van der Waals surface area contributed by atoms with Crippen LogP contribution in [0.5, 0.6) is 11.6 Å².